The molecule has 1 aromatic carbocycles. The average molecular weight is 316 g/mol. The van der Waals surface area contributed by atoms with E-state index >= 15 is 0 Å². The number of carboxylic acids is 1. The first-order valence-electron chi connectivity index (χ1n) is 7.29. The number of carboxylic acid groups (broad SMARTS) is 1. The average Bonchev–Trinajstić information content (AvgIpc) is 2.87. The van der Waals surface area contributed by atoms with Gasteiger partial charge in [0.15, 0.2) is 0 Å². The summed E-state index contributed by atoms with van der Waals surface area (Å²) in [5.41, 5.74) is 4.94. The van der Waals surface area contributed by atoms with Gasteiger partial charge < -0.3 is 10.4 Å². The maximum Gasteiger partial charge on any atom is 0.325 e. The second-order valence-electron chi connectivity index (χ2n) is 5.63. The summed E-state index contributed by atoms with van der Waals surface area (Å²) in [4.78, 5) is 22.7. The van der Waals surface area contributed by atoms with Crippen molar-refractivity contribution in [3.8, 4) is 0 Å². The van der Waals surface area contributed by atoms with Gasteiger partial charge in [0.05, 0.1) is 19.2 Å². The third kappa shape index (κ3) is 4.64. The number of carbonyl (C=O) groups is 2. The van der Waals surface area contributed by atoms with Crippen molar-refractivity contribution in [2.24, 2.45) is 0 Å². The summed E-state index contributed by atoms with van der Waals surface area (Å²) in [6.07, 6.45) is 1.82. The predicted octanol–water partition coefficient (Wildman–Crippen LogP) is 1.15. The van der Waals surface area contributed by atoms with Crippen LogP contribution in [0.25, 0.3) is 0 Å². The third-order valence-corrected chi connectivity index (χ3v) is 3.53. The molecular formula is C16H20N4O3. The van der Waals surface area contributed by atoms with Crippen LogP contribution in [0.3, 0.4) is 0 Å². The van der Waals surface area contributed by atoms with Crippen molar-refractivity contribution in [1.29, 1.82) is 0 Å². The smallest absolute Gasteiger partial charge is 0.325 e. The lowest BCUT2D eigenvalue weighted by Crippen LogP contribution is -2.25. The molecule has 2 rings (SSSR count). The molecule has 0 saturated heterocycles. The summed E-state index contributed by atoms with van der Waals surface area (Å²) in [5, 5.41) is 19.0. The van der Waals surface area contributed by atoms with Gasteiger partial charge in [-0.15, -0.1) is 5.10 Å². The van der Waals surface area contributed by atoms with Crippen molar-refractivity contribution >= 4 is 11.9 Å². The highest BCUT2D eigenvalue weighted by molar-refractivity contribution is 5.79. The molecule has 0 radical (unpaired) electrons. The number of rotatable bonds is 6. The van der Waals surface area contributed by atoms with E-state index < -0.39 is 5.97 Å². The number of amides is 1. The SMILES string of the molecule is Cc1cc(C)c(CC(=O)NCc2cn(CC(=O)O)nn2)c(C)c1. The minimum absolute atomic E-state index is 0.104. The van der Waals surface area contributed by atoms with E-state index in [-0.39, 0.29) is 19.0 Å². The molecular weight excluding hydrogens is 296 g/mol. The van der Waals surface area contributed by atoms with Gasteiger partial charge >= 0.3 is 5.97 Å². The van der Waals surface area contributed by atoms with Gasteiger partial charge in [0.2, 0.25) is 5.91 Å². The minimum atomic E-state index is -0.990. The number of aromatic nitrogens is 3. The normalized spacial score (nSPS) is 10.6. The first kappa shape index (κ1) is 16.7. The van der Waals surface area contributed by atoms with Crippen molar-refractivity contribution in [1.82, 2.24) is 20.3 Å². The van der Waals surface area contributed by atoms with Crippen molar-refractivity contribution in [2.75, 3.05) is 0 Å². The summed E-state index contributed by atoms with van der Waals surface area (Å²) in [5.74, 6) is -1.09. The van der Waals surface area contributed by atoms with Crippen LogP contribution in [-0.4, -0.2) is 32.0 Å². The Labute approximate surface area is 134 Å². The van der Waals surface area contributed by atoms with Gasteiger partial charge in [-0.1, -0.05) is 22.9 Å². The molecule has 0 aliphatic carbocycles. The standard InChI is InChI=1S/C16H20N4O3/c1-10-4-11(2)14(12(3)5-10)6-15(21)17-7-13-8-20(19-18-13)9-16(22)23/h4-5,8H,6-7,9H2,1-3H3,(H,17,21)(H,22,23). The number of nitrogens with one attached hydrogen (secondary N) is 1. The Bertz CT molecular complexity index is 714. The molecule has 0 bridgehead atoms. The molecule has 0 saturated carbocycles. The fourth-order valence-electron chi connectivity index (χ4n) is 2.54. The fourth-order valence-corrected chi connectivity index (χ4v) is 2.54. The Hall–Kier alpha value is -2.70. The number of nitrogens with zero attached hydrogens (tertiary/aromatic N) is 3. The molecule has 0 fully saturated rings. The molecule has 1 amide bonds. The second-order valence-corrected chi connectivity index (χ2v) is 5.63. The van der Waals surface area contributed by atoms with Crippen LogP contribution in [0.5, 0.6) is 0 Å². The number of aliphatic carboxylic acids is 1. The fraction of sp³-hybridized carbons (Fsp3) is 0.375. The van der Waals surface area contributed by atoms with Gasteiger partial charge in [-0.25, -0.2) is 4.68 Å². The van der Waals surface area contributed by atoms with Crippen molar-refractivity contribution in [2.45, 2.75) is 40.3 Å². The van der Waals surface area contributed by atoms with Crippen molar-refractivity contribution < 1.29 is 14.7 Å². The van der Waals surface area contributed by atoms with E-state index in [1.54, 1.807) is 0 Å². The molecule has 0 aliphatic heterocycles. The number of hydrogen-bond donors (Lipinski definition) is 2. The van der Waals surface area contributed by atoms with Crippen molar-refractivity contribution in [3.05, 3.63) is 46.3 Å². The molecule has 0 spiro atoms. The van der Waals surface area contributed by atoms with Crippen molar-refractivity contribution in [3.63, 3.8) is 0 Å². The zero-order valence-electron chi connectivity index (χ0n) is 13.5. The maximum atomic E-state index is 12.1. The number of aryl methyl sites for hydroxylation is 3. The van der Waals surface area contributed by atoms with Gasteiger partial charge in [0, 0.05) is 0 Å². The molecule has 0 aliphatic rings. The molecule has 7 heteroatoms. The second kappa shape index (κ2) is 7.04. The molecule has 2 N–H and O–H groups in total. The van der Waals surface area contributed by atoms with Crippen LogP contribution in [0.4, 0.5) is 0 Å². The zero-order chi connectivity index (χ0) is 17.0. The van der Waals surface area contributed by atoms with E-state index in [2.05, 4.69) is 27.8 Å². The molecule has 0 atom stereocenters. The van der Waals surface area contributed by atoms with Crippen LogP contribution in [-0.2, 0) is 29.1 Å². The summed E-state index contributed by atoms with van der Waals surface area (Å²) in [7, 11) is 0. The van der Waals surface area contributed by atoms with Crippen LogP contribution in [0.1, 0.15) is 27.9 Å². The number of carbonyl (C=O) groups excluding carboxylic acids is 1. The van der Waals surface area contributed by atoms with Gasteiger partial charge in [0.25, 0.3) is 0 Å². The lowest BCUT2D eigenvalue weighted by atomic mass is 9.97. The zero-order valence-corrected chi connectivity index (χ0v) is 13.5. The van der Waals surface area contributed by atoms with Gasteiger partial charge in [-0.05, 0) is 37.5 Å². The first-order chi connectivity index (χ1) is 10.8. The summed E-state index contributed by atoms with van der Waals surface area (Å²) in [6.45, 7) is 6.01. The monoisotopic (exact) mass is 316 g/mol. The van der Waals surface area contributed by atoms with Crippen LogP contribution < -0.4 is 5.32 Å². The maximum absolute atomic E-state index is 12.1. The first-order valence-corrected chi connectivity index (χ1v) is 7.29. The number of benzene rings is 1. The van der Waals surface area contributed by atoms with E-state index in [9.17, 15) is 9.59 Å². The highest BCUT2D eigenvalue weighted by atomic mass is 16.4. The molecule has 7 nitrogen and oxygen atoms in total. The number of hydrogen-bond acceptors (Lipinski definition) is 4. The molecule has 1 aromatic heterocycles. The van der Waals surface area contributed by atoms with Gasteiger partial charge in [-0.3, -0.25) is 9.59 Å². The van der Waals surface area contributed by atoms with Crippen LogP contribution in [0.15, 0.2) is 18.3 Å². The quantitative estimate of drug-likeness (QED) is 0.833. The Morgan fingerprint density at radius 2 is 1.87 bits per heavy atom. The van der Waals surface area contributed by atoms with E-state index in [4.69, 9.17) is 5.11 Å². The van der Waals surface area contributed by atoms with Gasteiger partial charge in [-0.2, -0.15) is 0 Å². The van der Waals surface area contributed by atoms with Gasteiger partial charge in [0.1, 0.15) is 12.2 Å². The minimum Gasteiger partial charge on any atom is -0.480 e. The summed E-state index contributed by atoms with van der Waals surface area (Å²) >= 11 is 0. The molecule has 0 unspecified atom stereocenters. The summed E-state index contributed by atoms with van der Waals surface area (Å²) < 4.78 is 1.22. The third-order valence-electron chi connectivity index (χ3n) is 3.53. The molecule has 122 valence electrons. The van der Waals surface area contributed by atoms with E-state index in [1.165, 1.54) is 16.4 Å². The topological polar surface area (TPSA) is 97.1 Å². The molecule has 1 heterocycles. The lowest BCUT2D eigenvalue weighted by Gasteiger charge is -2.11. The van der Waals surface area contributed by atoms with E-state index in [0.29, 0.717) is 12.1 Å². The van der Waals surface area contributed by atoms with E-state index in [0.717, 1.165) is 16.7 Å². The summed E-state index contributed by atoms with van der Waals surface area (Å²) in [6, 6.07) is 4.13. The molecule has 2 aromatic rings. The molecule has 23 heavy (non-hydrogen) atoms. The van der Waals surface area contributed by atoms with Crippen LogP contribution in [0.2, 0.25) is 0 Å². The Morgan fingerprint density at radius 3 is 2.48 bits per heavy atom. The Morgan fingerprint density at radius 1 is 1.22 bits per heavy atom. The van der Waals surface area contributed by atoms with Crippen LogP contribution in [0, 0.1) is 20.8 Å². The predicted molar refractivity (Wildman–Crippen MR) is 83.9 cm³/mol. The Balaban J connectivity index is 1.93. The Kier molecular flexibility index (Phi) is 5.10. The lowest BCUT2D eigenvalue weighted by molar-refractivity contribution is -0.138. The highest BCUT2D eigenvalue weighted by Crippen LogP contribution is 2.16. The largest absolute Gasteiger partial charge is 0.480 e. The van der Waals surface area contributed by atoms with Crippen LogP contribution >= 0.6 is 0 Å². The van der Waals surface area contributed by atoms with E-state index in [1.807, 2.05) is 20.8 Å². The highest BCUT2D eigenvalue weighted by Gasteiger charge is 2.10.